The fourth-order valence-corrected chi connectivity index (χ4v) is 2.95. The predicted molar refractivity (Wildman–Crippen MR) is 93.6 cm³/mol. The molecular formula is C17H31N5O. The highest BCUT2D eigenvalue weighted by molar-refractivity contribution is 5.89. The summed E-state index contributed by atoms with van der Waals surface area (Å²) < 4.78 is 1.86. The Kier molecular flexibility index (Phi) is 5.68. The van der Waals surface area contributed by atoms with Crippen LogP contribution in [0.5, 0.6) is 0 Å². The maximum absolute atomic E-state index is 12.1. The molecule has 0 aromatic carbocycles. The van der Waals surface area contributed by atoms with Gasteiger partial charge in [-0.15, -0.1) is 0 Å². The molecule has 6 nitrogen and oxygen atoms in total. The SMILES string of the molecule is CC(C)Cn1cc(NC(=O)NC2CCN(C(C)(C)C)CC2)cn1. The zero-order valence-corrected chi connectivity index (χ0v) is 15.1. The second-order valence-corrected chi connectivity index (χ2v) is 7.88. The van der Waals surface area contributed by atoms with E-state index in [4.69, 9.17) is 0 Å². The average Bonchev–Trinajstić information content (AvgIpc) is 2.84. The Hall–Kier alpha value is -1.56. The molecule has 0 spiro atoms. The molecule has 0 unspecified atom stereocenters. The van der Waals surface area contributed by atoms with E-state index in [-0.39, 0.29) is 17.6 Å². The van der Waals surface area contributed by atoms with Gasteiger partial charge in [0.05, 0.1) is 11.9 Å². The van der Waals surface area contributed by atoms with E-state index in [0.29, 0.717) is 5.92 Å². The number of hydrogen-bond acceptors (Lipinski definition) is 3. The molecule has 1 aliphatic rings. The Morgan fingerprint density at radius 2 is 2.00 bits per heavy atom. The van der Waals surface area contributed by atoms with Crippen LogP contribution in [-0.2, 0) is 6.54 Å². The summed E-state index contributed by atoms with van der Waals surface area (Å²) in [6.45, 7) is 13.9. The quantitative estimate of drug-likeness (QED) is 0.896. The maximum Gasteiger partial charge on any atom is 0.319 e. The molecule has 2 N–H and O–H groups in total. The first-order valence-corrected chi connectivity index (χ1v) is 8.59. The van der Waals surface area contributed by atoms with Crippen LogP contribution in [0.2, 0.25) is 0 Å². The van der Waals surface area contributed by atoms with Crippen LogP contribution in [0.1, 0.15) is 47.5 Å². The summed E-state index contributed by atoms with van der Waals surface area (Å²) in [5.41, 5.74) is 0.952. The van der Waals surface area contributed by atoms with Gasteiger partial charge in [0.25, 0.3) is 0 Å². The molecule has 2 heterocycles. The molecule has 2 amide bonds. The van der Waals surface area contributed by atoms with Crippen molar-refractivity contribution in [2.45, 2.75) is 65.6 Å². The van der Waals surface area contributed by atoms with Gasteiger partial charge in [-0.3, -0.25) is 9.58 Å². The lowest BCUT2D eigenvalue weighted by Crippen LogP contribution is -2.51. The van der Waals surface area contributed by atoms with E-state index < -0.39 is 0 Å². The third-order valence-electron chi connectivity index (χ3n) is 4.22. The van der Waals surface area contributed by atoms with Gasteiger partial charge in [0.1, 0.15) is 0 Å². The number of hydrogen-bond donors (Lipinski definition) is 2. The number of carbonyl (C=O) groups excluding carboxylic acids is 1. The molecule has 6 heteroatoms. The highest BCUT2D eigenvalue weighted by Crippen LogP contribution is 2.20. The van der Waals surface area contributed by atoms with Crippen LogP contribution in [0.4, 0.5) is 10.5 Å². The van der Waals surface area contributed by atoms with Gasteiger partial charge in [-0.25, -0.2) is 4.79 Å². The van der Waals surface area contributed by atoms with Crippen molar-refractivity contribution < 1.29 is 4.79 Å². The first kappa shape index (κ1) is 17.8. The number of amides is 2. The number of likely N-dealkylation sites (tertiary alicyclic amines) is 1. The standard InChI is InChI=1S/C17H31N5O/c1-13(2)11-22-12-15(10-18-22)20-16(23)19-14-6-8-21(9-7-14)17(3,4)5/h10,12-14H,6-9,11H2,1-5H3,(H2,19,20,23). The summed E-state index contributed by atoms with van der Waals surface area (Å²) >= 11 is 0. The van der Waals surface area contributed by atoms with E-state index in [2.05, 4.69) is 55.3 Å². The maximum atomic E-state index is 12.1. The summed E-state index contributed by atoms with van der Waals surface area (Å²) in [5, 5.41) is 10.2. The monoisotopic (exact) mass is 321 g/mol. The van der Waals surface area contributed by atoms with Crippen molar-refractivity contribution in [1.29, 1.82) is 0 Å². The Balaban J connectivity index is 1.76. The number of piperidine rings is 1. The largest absolute Gasteiger partial charge is 0.335 e. The Labute approximate surface area is 139 Å². The lowest BCUT2D eigenvalue weighted by molar-refractivity contribution is 0.0983. The van der Waals surface area contributed by atoms with E-state index in [1.54, 1.807) is 6.20 Å². The van der Waals surface area contributed by atoms with Crippen molar-refractivity contribution in [2.75, 3.05) is 18.4 Å². The molecule has 0 saturated carbocycles. The lowest BCUT2D eigenvalue weighted by Gasteiger charge is -2.40. The molecule has 0 aliphatic carbocycles. The second-order valence-electron chi connectivity index (χ2n) is 7.88. The van der Waals surface area contributed by atoms with E-state index in [1.165, 1.54) is 0 Å². The van der Waals surface area contributed by atoms with Crippen LogP contribution in [0, 0.1) is 5.92 Å². The first-order chi connectivity index (χ1) is 10.7. The minimum atomic E-state index is -0.136. The van der Waals surface area contributed by atoms with E-state index in [9.17, 15) is 4.79 Å². The Morgan fingerprint density at radius 1 is 1.35 bits per heavy atom. The minimum absolute atomic E-state index is 0.136. The molecule has 130 valence electrons. The third-order valence-corrected chi connectivity index (χ3v) is 4.22. The van der Waals surface area contributed by atoms with Crippen LogP contribution in [0.3, 0.4) is 0 Å². The summed E-state index contributed by atoms with van der Waals surface area (Å²) in [6.07, 6.45) is 5.57. The minimum Gasteiger partial charge on any atom is -0.335 e. The van der Waals surface area contributed by atoms with Gasteiger partial charge in [0.15, 0.2) is 0 Å². The molecule has 0 atom stereocenters. The molecule has 1 aromatic heterocycles. The number of aromatic nitrogens is 2. The number of urea groups is 1. The van der Waals surface area contributed by atoms with Crippen LogP contribution in [0.15, 0.2) is 12.4 Å². The van der Waals surface area contributed by atoms with Gasteiger partial charge >= 0.3 is 6.03 Å². The molecule has 1 aromatic rings. The van der Waals surface area contributed by atoms with Gasteiger partial charge in [0.2, 0.25) is 0 Å². The highest BCUT2D eigenvalue weighted by atomic mass is 16.2. The number of nitrogens with zero attached hydrogens (tertiary/aromatic N) is 3. The number of rotatable bonds is 4. The van der Waals surface area contributed by atoms with Gasteiger partial charge < -0.3 is 10.6 Å². The average molecular weight is 321 g/mol. The second kappa shape index (κ2) is 7.34. The summed E-state index contributed by atoms with van der Waals surface area (Å²) in [7, 11) is 0. The smallest absolute Gasteiger partial charge is 0.319 e. The highest BCUT2D eigenvalue weighted by Gasteiger charge is 2.27. The number of nitrogens with one attached hydrogen (secondary N) is 2. The van der Waals surface area contributed by atoms with Gasteiger partial charge in [-0.05, 0) is 39.5 Å². The van der Waals surface area contributed by atoms with Gasteiger partial charge in [-0.1, -0.05) is 13.8 Å². The van der Waals surface area contributed by atoms with Crippen molar-refractivity contribution in [2.24, 2.45) is 5.92 Å². The normalized spacial score (nSPS) is 17.5. The van der Waals surface area contributed by atoms with Crippen molar-refractivity contribution in [3.8, 4) is 0 Å². The molecule has 1 aliphatic heterocycles. The zero-order valence-electron chi connectivity index (χ0n) is 15.1. The molecule has 2 rings (SSSR count). The van der Waals surface area contributed by atoms with Crippen LogP contribution in [-0.4, -0.2) is 45.4 Å². The van der Waals surface area contributed by atoms with E-state index in [1.807, 2.05) is 10.9 Å². The third kappa shape index (κ3) is 5.53. The summed E-state index contributed by atoms with van der Waals surface area (Å²) in [5.74, 6) is 0.532. The first-order valence-electron chi connectivity index (χ1n) is 8.59. The summed E-state index contributed by atoms with van der Waals surface area (Å²) in [6, 6.07) is 0.114. The van der Waals surface area contributed by atoms with Crippen molar-refractivity contribution in [1.82, 2.24) is 20.0 Å². The molecule has 23 heavy (non-hydrogen) atoms. The van der Waals surface area contributed by atoms with Crippen LogP contribution in [0.25, 0.3) is 0 Å². The Morgan fingerprint density at radius 3 is 2.57 bits per heavy atom. The van der Waals surface area contributed by atoms with Gasteiger partial charge in [0, 0.05) is 37.4 Å². The molecule has 1 fully saturated rings. The van der Waals surface area contributed by atoms with Crippen LogP contribution < -0.4 is 10.6 Å². The van der Waals surface area contributed by atoms with Crippen molar-refractivity contribution in [3.63, 3.8) is 0 Å². The lowest BCUT2D eigenvalue weighted by atomic mass is 9.98. The topological polar surface area (TPSA) is 62.2 Å². The number of carbonyl (C=O) groups is 1. The van der Waals surface area contributed by atoms with Crippen molar-refractivity contribution >= 4 is 11.7 Å². The molecule has 1 saturated heterocycles. The fourth-order valence-electron chi connectivity index (χ4n) is 2.95. The van der Waals surface area contributed by atoms with Gasteiger partial charge in [-0.2, -0.15) is 5.10 Å². The van der Waals surface area contributed by atoms with E-state index >= 15 is 0 Å². The molecule has 0 radical (unpaired) electrons. The number of anilines is 1. The fraction of sp³-hybridized carbons (Fsp3) is 0.765. The van der Waals surface area contributed by atoms with Crippen molar-refractivity contribution in [3.05, 3.63) is 12.4 Å². The summed E-state index contributed by atoms with van der Waals surface area (Å²) in [4.78, 5) is 14.6. The van der Waals surface area contributed by atoms with E-state index in [0.717, 1.165) is 38.2 Å². The zero-order chi connectivity index (χ0) is 17.0. The Bertz CT molecular complexity index is 509. The molecular weight excluding hydrogens is 290 g/mol. The van der Waals surface area contributed by atoms with Crippen LogP contribution >= 0.6 is 0 Å². The predicted octanol–water partition coefficient (Wildman–Crippen LogP) is 2.92. The molecule has 0 bridgehead atoms.